The molecular formula is C13H20N4O. The van der Waals surface area contributed by atoms with E-state index in [-0.39, 0.29) is 5.91 Å². The summed E-state index contributed by atoms with van der Waals surface area (Å²) in [5.74, 6) is 2.06. The summed E-state index contributed by atoms with van der Waals surface area (Å²) >= 11 is 0. The van der Waals surface area contributed by atoms with Crippen LogP contribution in [0.4, 0.5) is 5.82 Å². The Hall–Kier alpha value is -1.65. The largest absolute Gasteiger partial charge is 0.369 e. The molecule has 0 bridgehead atoms. The van der Waals surface area contributed by atoms with Crippen LogP contribution >= 0.6 is 0 Å². The molecule has 0 radical (unpaired) electrons. The Balaban J connectivity index is 1.94. The lowest BCUT2D eigenvalue weighted by Crippen LogP contribution is -2.30. The Morgan fingerprint density at radius 2 is 2.22 bits per heavy atom. The van der Waals surface area contributed by atoms with E-state index >= 15 is 0 Å². The maximum Gasteiger partial charge on any atom is 0.274 e. The maximum atomic E-state index is 12.1. The van der Waals surface area contributed by atoms with Crippen LogP contribution < -0.4 is 5.32 Å². The van der Waals surface area contributed by atoms with Crippen molar-refractivity contribution in [2.75, 3.05) is 25.5 Å². The highest BCUT2D eigenvalue weighted by molar-refractivity contribution is 5.92. The lowest BCUT2D eigenvalue weighted by atomic mass is 10.3. The SMILES string of the molecule is CCNc1ccc(C(=O)N(C)CC2CC2C)nn1. The van der Waals surface area contributed by atoms with Crippen molar-refractivity contribution in [1.29, 1.82) is 0 Å². The molecule has 18 heavy (non-hydrogen) atoms. The van der Waals surface area contributed by atoms with Crippen LogP contribution in [0.2, 0.25) is 0 Å². The molecule has 2 unspecified atom stereocenters. The fourth-order valence-corrected chi connectivity index (χ4v) is 2.01. The van der Waals surface area contributed by atoms with E-state index in [1.807, 2.05) is 14.0 Å². The minimum atomic E-state index is -0.0513. The van der Waals surface area contributed by atoms with Gasteiger partial charge in [0.15, 0.2) is 5.69 Å². The average molecular weight is 248 g/mol. The molecule has 1 N–H and O–H groups in total. The number of anilines is 1. The molecule has 1 heterocycles. The highest BCUT2D eigenvalue weighted by atomic mass is 16.2. The summed E-state index contributed by atoms with van der Waals surface area (Å²) in [6, 6.07) is 3.51. The van der Waals surface area contributed by atoms with Crippen molar-refractivity contribution in [3.05, 3.63) is 17.8 Å². The van der Waals surface area contributed by atoms with Crippen LogP contribution in [0.3, 0.4) is 0 Å². The Morgan fingerprint density at radius 1 is 1.50 bits per heavy atom. The van der Waals surface area contributed by atoms with E-state index in [0.29, 0.717) is 17.4 Å². The lowest BCUT2D eigenvalue weighted by Gasteiger charge is -2.16. The topological polar surface area (TPSA) is 58.1 Å². The predicted molar refractivity (Wildman–Crippen MR) is 70.4 cm³/mol. The second kappa shape index (κ2) is 5.33. The number of hydrogen-bond donors (Lipinski definition) is 1. The van der Waals surface area contributed by atoms with Crippen molar-refractivity contribution in [3.8, 4) is 0 Å². The average Bonchev–Trinajstić information content (AvgIpc) is 3.05. The summed E-state index contributed by atoms with van der Waals surface area (Å²) in [6.07, 6.45) is 1.22. The van der Waals surface area contributed by atoms with Gasteiger partial charge in [0, 0.05) is 20.1 Å². The second-order valence-electron chi connectivity index (χ2n) is 4.99. The number of carbonyl (C=O) groups excluding carboxylic acids is 1. The Labute approximate surface area is 108 Å². The molecule has 1 amide bonds. The normalized spacial score (nSPS) is 21.5. The number of rotatable bonds is 5. The third-order valence-electron chi connectivity index (χ3n) is 3.37. The molecule has 1 fully saturated rings. The van der Waals surface area contributed by atoms with E-state index in [1.165, 1.54) is 6.42 Å². The lowest BCUT2D eigenvalue weighted by molar-refractivity contribution is 0.0780. The molecule has 1 saturated carbocycles. The van der Waals surface area contributed by atoms with Crippen LogP contribution in [-0.4, -0.2) is 41.1 Å². The molecule has 1 aliphatic rings. The zero-order chi connectivity index (χ0) is 13.1. The van der Waals surface area contributed by atoms with Crippen LogP contribution in [0.25, 0.3) is 0 Å². The number of carbonyl (C=O) groups is 1. The molecular weight excluding hydrogens is 228 g/mol. The summed E-state index contributed by atoms with van der Waals surface area (Å²) < 4.78 is 0. The smallest absolute Gasteiger partial charge is 0.274 e. The van der Waals surface area contributed by atoms with Crippen molar-refractivity contribution in [3.63, 3.8) is 0 Å². The molecule has 0 aliphatic heterocycles. The number of amides is 1. The molecule has 5 heteroatoms. The van der Waals surface area contributed by atoms with Gasteiger partial charge in [-0.25, -0.2) is 0 Å². The van der Waals surface area contributed by atoms with Crippen molar-refractivity contribution in [2.24, 2.45) is 11.8 Å². The number of aromatic nitrogens is 2. The Bertz CT molecular complexity index is 418. The molecule has 5 nitrogen and oxygen atoms in total. The quantitative estimate of drug-likeness (QED) is 0.860. The summed E-state index contributed by atoms with van der Waals surface area (Å²) in [6.45, 7) is 5.82. The first-order valence-electron chi connectivity index (χ1n) is 6.45. The highest BCUT2D eigenvalue weighted by Gasteiger charge is 2.34. The van der Waals surface area contributed by atoms with Crippen LogP contribution in [0.15, 0.2) is 12.1 Å². The predicted octanol–water partition coefficient (Wildman–Crippen LogP) is 1.64. The maximum absolute atomic E-state index is 12.1. The first kappa shape index (κ1) is 12.8. The number of hydrogen-bond acceptors (Lipinski definition) is 4. The van der Waals surface area contributed by atoms with Gasteiger partial charge in [0.2, 0.25) is 0 Å². The minimum absolute atomic E-state index is 0.0513. The molecule has 0 spiro atoms. The van der Waals surface area contributed by atoms with Crippen molar-refractivity contribution in [1.82, 2.24) is 15.1 Å². The van der Waals surface area contributed by atoms with Crippen LogP contribution in [-0.2, 0) is 0 Å². The van der Waals surface area contributed by atoms with Crippen molar-refractivity contribution < 1.29 is 4.79 Å². The summed E-state index contributed by atoms with van der Waals surface area (Å²) in [4.78, 5) is 13.8. The van der Waals surface area contributed by atoms with Gasteiger partial charge >= 0.3 is 0 Å². The van der Waals surface area contributed by atoms with E-state index < -0.39 is 0 Å². The first-order chi connectivity index (χ1) is 8.61. The summed E-state index contributed by atoms with van der Waals surface area (Å²) in [5.41, 5.74) is 0.410. The molecule has 1 aromatic rings. The fourth-order valence-electron chi connectivity index (χ4n) is 2.01. The van der Waals surface area contributed by atoms with Crippen LogP contribution in [0, 0.1) is 11.8 Å². The molecule has 2 rings (SSSR count). The van der Waals surface area contributed by atoms with E-state index in [0.717, 1.165) is 19.0 Å². The van der Waals surface area contributed by atoms with E-state index in [4.69, 9.17) is 0 Å². The first-order valence-corrected chi connectivity index (χ1v) is 6.45. The molecule has 0 aromatic carbocycles. The number of nitrogens with one attached hydrogen (secondary N) is 1. The molecule has 1 aliphatic carbocycles. The van der Waals surface area contributed by atoms with Gasteiger partial charge in [-0.15, -0.1) is 10.2 Å². The van der Waals surface area contributed by atoms with Crippen LogP contribution in [0.1, 0.15) is 30.8 Å². The van der Waals surface area contributed by atoms with Crippen molar-refractivity contribution in [2.45, 2.75) is 20.3 Å². The standard InChI is InChI=1S/C13H20N4O/c1-4-14-12-6-5-11(15-16-12)13(18)17(3)8-10-7-9(10)2/h5-6,9-10H,4,7-8H2,1-3H3,(H,14,16). The van der Waals surface area contributed by atoms with Gasteiger partial charge in [0.25, 0.3) is 5.91 Å². The Kier molecular flexibility index (Phi) is 3.79. The van der Waals surface area contributed by atoms with Gasteiger partial charge in [-0.05, 0) is 37.3 Å². The minimum Gasteiger partial charge on any atom is -0.369 e. The third-order valence-corrected chi connectivity index (χ3v) is 3.37. The Morgan fingerprint density at radius 3 is 2.72 bits per heavy atom. The second-order valence-corrected chi connectivity index (χ2v) is 4.99. The van der Waals surface area contributed by atoms with E-state index in [2.05, 4.69) is 22.4 Å². The zero-order valence-corrected chi connectivity index (χ0v) is 11.2. The third kappa shape index (κ3) is 2.97. The van der Waals surface area contributed by atoms with Gasteiger partial charge < -0.3 is 10.2 Å². The van der Waals surface area contributed by atoms with E-state index in [1.54, 1.807) is 17.0 Å². The van der Waals surface area contributed by atoms with Gasteiger partial charge in [0.05, 0.1) is 0 Å². The fraction of sp³-hybridized carbons (Fsp3) is 0.615. The molecule has 98 valence electrons. The number of nitrogens with zero attached hydrogens (tertiary/aromatic N) is 3. The van der Waals surface area contributed by atoms with Gasteiger partial charge in [-0.3, -0.25) is 4.79 Å². The summed E-state index contributed by atoms with van der Waals surface area (Å²) in [5, 5.41) is 11.0. The summed E-state index contributed by atoms with van der Waals surface area (Å²) in [7, 11) is 1.83. The van der Waals surface area contributed by atoms with Gasteiger partial charge in [-0.2, -0.15) is 0 Å². The van der Waals surface area contributed by atoms with Crippen LogP contribution in [0.5, 0.6) is 0 Å². The molecule has 2 atom stereocenters. The van der Waals surface area contributed by atoms with E-state index in [9.17, 15) is 4.79 Å². The van der Waals surface area contributed by atoms with Crippen molar-refractivity contribution >= 4 is 11.7 Å². The van der Waals surface area contributed by atoms with Gasteiger partial charge in [-0.1, -0.05) is 6.92 Å². The molecule has 1 aromatic heterocycles. The monoisotopic (exact) mass is 248 g/mol. The highest BCUT2D eigenvalue weighted by Crippen LogP contribution is 2.38. The van der Waals surface area contributed by atoms with Gasteiger partial charge in [0.1, 0.15) is 5.82 Å². The molecule has 0 saturated heterocycles. The zero-order valence-electron chi connectivity index (χ0n) is 11.2.